The van der Waals surface area contributed by atoms with E-state index >= 15 is 0 Å². The van der Waals surface area contributed by atoms with Gasteiger partial charge in [0, 0.05) is 16.3 Å². The summed E-state index contributed by atoms with van der Waals surface area (Å²) in [6.45, 7) is 2.41. The highest BCUT2D eigenvalue weighted by Gasteiger charge is 2.28. The SMILES string of the molecule is NCC(c1cccc(Br)c1)C1COC1. The molecule has 14 heavy (non-hydrogen) atoms. The van der Waals surface area contributed by atoms with Gasteiger partial charge in [-0.1, -0.05) is 28.1 Å². The van der Waals surface area contributed by atoms with Crippen molar-refractivity contribution in [3.8, 4) is 0 Å². The molecular weight excluding hydrogens is 242 g/mol. The first-order chi connectivity index (χ1) is 6.81. The molecule has 2 rings (SSSR count). The van der Waals surface area contributed by atoms with Gasteiger partial charge in [0.2, 0.25) is 0 Å². The molecule has 1 aliphatic heterocycles. The molecule has 76 valence electrons. The zero-order valence-corrected chi connectivity index (χ0v) is 9.53. The Kier molecular flexibility index (Phi) is 3.21. The standard InChI is InChI=1S/C11H14BrNO/c12-10-3-1-2-8(4-10)11(5-13)9-6-14-7-9/h1-4,9,11H,5-7,13H2. The van der Waals surface area contributed by atoms with Crippen molar-refractivity contribution in [1.82, 2.24) is 0 Å². The predicted octanol–water partition coefficient (Wildman–Crippen LogP) is 2.14. The molecule has 0 amide bonds. The summed E-state index contributed by atoms with van der Waals surface area (Å²) in [5.41, 5.74) is 7.11. The molecule has 1 aliphatic rings. The van der Waals surface area contributed by atoms with E-state index in [1.54, 1.807) is 0 Å². The van der Waals surface area contributed by atoms with Crippen LogP contribution in [-0.4, -0.2) is 19.8 Å². The summed E-state index contributed by atoms with van der Waals surface area (Å²) in [5, 5.41) is 0. The number of nitrogens with two attached hydrogens (primary N) is 1. The Balaban J connectivity index is 2.17. The van der Waals surface area contributed by atoms with Gasteiger partial charge >= 0.3 is 0 Å². The maximum absolute atomic E-state index is 5.79. The lowest BCUT2D eigenvalue weighted by Crippen LogP contribution is -2.36. The largest absolute Gasteiger partial charge is 0.381 e. The molecule has 0 saturated carbocycles. The first-order valence-electron chi connectivity index (χ1n) is 4.84. The molecule has 2 nitrogen and oxygen atoms in total. The summed E-state index contributed by atoms with van der Waals surface area (Å²) in [5.74, 6) is 1.05. The summed E-state index contributed by atoms with van der Waals surface area (Å²) in [4.78, 5) is 0. The van der Waals surface area contributed by atoms with E-state index in [1.807, 2.05) is 6.07 Å². The van der Waals surface area contributed by atoms with Crippen molar-refractivity contribution in [3.63, 3.8) is 0 Å². The molecule has 1 atom stereocenters. The Morgan fingerprint density at radius 3 is 2.79 bits per heavy atom. The van der Waals surface area contributed by atoms with Crippen molar-refractivity contribution in [2.75, 3.05) is 19.8 Å². The highest BCUT2D eigenvalue weighted by atomic mass is 79.9. The summed E-state index contributed by atoms with van der Waals surface area (Å²) in [6, 6.07) is 8.38. The lowest BCUT2D eigenvalue weighted by molar-refractivity contribution is -0.0437. The van der Waals surface area contributed by atoms with Crippen LogP contribution in [0.4, 0.5) is 0 Å². The van der Waals surface area contributed by atoms with Gasteiger partial charge in [-0.05, 0) is 24.2 Å². The van der Waals surface area contributed by atoms with Crippen molar-refractivity contribution in [3.05, 3.63) is 34.3 Å². The summed E-state index contributed by atoms with van der Waals surface area (Å²) >= 11 is 3.48. The fourth-order valence-electron chi connectivity index (χ4n) is 1.82. The van der Waals surface area contributed by atoms with Gasteiger partial charge in [-0.2, -0.15) is 0 Å². The number of benzene rings is 1. The number of ether oxygens (including phenoxy) is 1. The van der Waals surface area contributed by atoms with E-state index in [4.69, 9.17) is 10.5 Å². The molecule has 0 aromatic heterocycles. The van der Waals surface area contributed by atoms with Gasteiger partial charge in [0.25, 0.3) is 0 Å². The lowest BCUT2D eigenvalue weighted by atomic mass is 9.85. The van der Waals surface area contributed by atoms with Gasteiger partial charge in [-0.25, -0.2) is 0 Å². The minimum Gasteiger partial charge on any atom is -0.381 e. The van der Waals surface area contributed by atoms with Crippen LogP contribution in [0.25, 0.3) is 0 Å². The molecule has 0 spiro atoms. The predicted molar refractivity (Wildman–Crippen MR) is 60.2 cm³/mol. The molecule has 0 bridgehead atoms. The second-order valence-corrected chi connectivity index (χ2v) is 4.61. The topological polar surface area (TPSA) is 35.2 Å². The van der Waals surface area contributed by atoms with Crippen LogP contribution >= 0.6 is 15.9 Å². The highest BCUT2D eigenvalue weighted by Crippen LogP contribution is 2.30. The first kappa shape index (κ1) is 10.1. The minimum atomic E-state index is 0.446. The second kappa shape index (κ2) is 4.43. The van der Waals surface area contributed by atoms with Gasteiger partial charge in [0.15, 0.2) is 0 Å². The molecule has 1 fully saturated rings. The number of halogens is 1. The summed E-state index contributed by atoms with van der Waals surface area (Å²) < 4.78 is 6.32. The smallest absolute Gasteiger partial charge is 0.0522 e. The van der Waals surface area contributed by atoms with Crippen molar-refractivity contribution >= 4 is 15.9 Å². The molecule has 2 N–H and O–H groups in total. The Labute approximate surface area is 92.6 Å². The zero-order chi connectivity index (χ0) is 9.97. The summed E-state index contributed by atoms with van der Waals surface area (Å²) in [6.07, 6.45) is 0. The Hall–Kier alpha value is -0.380. The molecule has 0 radical (unpaired) electrons. The maximum Gasteiger partial charge on any atom is 0.0522 e. The fourth-order valence-corrected chi connectivity index (χ4v) is 2.24. The van der Waals surface area contributed by atoms with Gasteiger partial charge < -0.3 is 10.5 Å². The third-order valence-electron chi connectivity index (χ3n) is 2.76. The summed E-state index contributed by atoms with van der Waals surface area (Å²) in [7, 11) is 0. The molecule has 1 aromatic carbocycles. The van der Waals surface area contributed by atoms with E-state index in [2.05, 4.69) is 34.1 Å². The minimum absolute atomic E-state index is 0.446. The van der Waals surface area contributed by atoms with Crippen LogP contribution in [0.1, 0.15) is 11.5 Å². The molecular formula is C11H14BrNO. The second-order valence-electron chi connectivity index (χ2n) is 3.69. The lowest BCUT2D eigenvalue weighted by Gasteiger charge is -2.33. The van der Waals surface area contributed by atoms with E-state index in [1.165, 1.54) is 5.56 Å². The van der Waals surface area contributed by atoms with Crippen molar-refractivity contribution < 1.29 is 4.74 Å². The van der Waals surface area contributed by atoms with Crippen molar-refractivity contribution in [2.45, 2.75) is 5.92 Å². The number of rotatable bonds is 3. The van der Waals surface area contributed by atoms with Gasteiger partial charge in [-0.3, -0.25) is 0 Å². The third-order valence-corrected chi connectivity index (χ3v) is 3.26. The molecule has 1 unspecified atom stereocenters. The van der Waals surface area contributed by atoms with Crippen LogP contribution in [0.5, 0.6) is 0 Å². The number of hydrogen-bond donors (Lipinski definition) is 1. The zero-order valence-electron chi connectivity index (χ0n) is 7.95. The molecule has 0 aliphatic carbocycles. The normalized spacial score (nSPS) is 19.0. The van der Waals surface area contributed by atoms with Crippen LogP contribution in [0, 0.1) is 5.92 Å². The Bertz CT molecular complexity index is 312. The third kappa shape index (κ3) is 2.00. The van der Waals surface area contributed by atoms with E-state index in [9.17, 15) is 0 Å². The Morgan fingerprint density at radius 2 is 2.29 bits per heavy atom. The van der Waals surface area contributed by atoms with Crippen LogP contribution < -0.4 is 5.73 Å². The van der Waals surface area contributed by atoms with Crippen LogP contribution in [0.2, 0.25) is 0 Å². The number of hydrogen-bond acceptors (Lipinski definition) is 2. The average Bonchev–Trinajstić information content (AvgIpc) is 2.10. The van der Waals surface area contributed by atoms with E-state index in [0.717, 1.165) is 17.7 Å². The van der Waals surface area contributed by atoms with Crippen LogP contribution in [-0.2, 0) is 4.74 Å². The van der Waals surface area contributed by atoms with Crippen LogP contribution in [0.15, 0.2) is 28.7 Å². The molecule has 1 aromatic rings. The highest BCUT2D eigenvalue weighted by molar-refractivity contribution is 9.10. The van der Waals surface area contributed by atoms with E-state index in [-0.39, 0.29) is 0 Å². The fraction of sp³-hybridized carbons (Fsp3) is 0.455. The molecule has 3 heteroatoms. The average molecular weight is 256 g/mol. The first-order valence-corrected chi connectivity index (χ1v) is 5.64. The van der Waals surface area contributed by atoms with Gasteiger partial charge in [0.05, 0.1) is 13.2 Å². The maximum atomic E-state index is 5.79. The monoisotopic (exact) mass is 255 g/mol. The quantitative estimate of drug-likeness (QED) is 0.899. The van der Waals surface area contributed by atoms with E-state index in [0.29, 0.717) is 18.4 Å². The Morgan fingerprint density at radius 1 is 1.50 bits per heavy atom. The van der Waals surface area contributed by atoms with Gasteiger partial charge in [0.1, 0.15) is 0 Å². The van der Waals surface area contributed by atoms with Gasteiger partial charge in [-0.15, -0.1) is 0 Å². The van der Waals surface area contributed by atoms with Crippen LogP contribution in [0.3, 0.4) is 0 Å². The molecule has 1 heterocycles. The van der Waals surface area contributed by atoms with E-state index < -0.39 is 0 Å². The molecule has 1 saturated heterocycles. The van der Waals surface area contributed by atoms with Crippen molar-refractivity contribution in [2.24, 2.45) is 11.7 Å². The van der Waals surface area contributed by atoms with Crippen molar-refractivity contribution in [1.29, 1.82) is 0 Å².